The summed E-state index contributed by atoms with van der Waals surface area (Å²) >= 11 is 0. The third-order valence-electron chi connectivity index (χ3n) is 2.36. The molecule has 0 amide bonds. The highest BCUT2D eigenvalue weighted by Gasteiger charge is 2.01. The Morgan fingerprint density at radius 2 is 1.32 bits per heavy atom. The lowest BCUT2D eigenvalue weighted by atomic mass is 10.3. The van der Waals surface area contributed by atoms with Crippen LogP contribution in [0.3, 0.4) is 0 Å². The zero-order valence-electron chi connectivity index (χ0n) is 11.6. The summed E-state index contributed by atoms with van der Waals surface area (Å²) in [5.41, 5.74) is 0. The molecule has 0 aliphatic carbocycles. The van der Waals surface area contributed by atoms with Gasteiger partial charge in [0, 0.05) is 7.11 Å². The fourth-order valence-corrected chi connectivity index (χ4v) is 1.41. The Labute approximate surface area is 114 Å². The first-order valence-electron chi connectivity index (χ1n) is 6.28. The van der Waals surface area contributed by atoms with E-state index < -0.39 is 0 Å². The van der Waals surface area contributed by atoms with Crippen LogP contribution in [0.1, 0.15) is 0 Å². The van der Waals surface area contributed by atoms with Gasteiger partial charge in [0.15, 0.2) is 11.5 Å². The summed E-state index contributed by atoms with van der Waals surface area (Å²) in [4.78, 5) is 0. The molecule has 0 spiro atoms. The van der Waals surface area contributed by atoms with E-state index in [0.29, 0.717) is 39.6 Å². The maximum Gasteiger partial charge on any atom is 0.161 e. The van der Waals surface area contributed by atoms with Crippen molar-refractivity contribution in [3.63, 3.8) is 0 Å². The highest BCUT2D eigenvalue weighted by atomic mass is 16.6. The summed E-state index contributed by atoms with van der Waals surface area (Å²) in [6, 6.07) is 7.54. The van der Waals surface area contributed by atoms with Crippen molar-refractivity contribution >= 4 is 0 Å². The highest BCUT2D eigenvalue weighted by molar-refractivity contribution is 5.39. The lowest BCUT2D eigenvalue weighted by Crippen LogP contribution is -2.12. The summed E-state index contributed by atoms with van der Waals surface area (Å²) in [5.74, 6) is 1.45. The molecule has 0 atom stereocenters. The molecule has 0 heterocycles. The number of benzene rings is 1. The summed E-state index contributed by atoms with van der Waals surface area (Å²) in [6.45, 7) is 3.33. The van der Waals surface area contributed by atoms with Crippen LogP contribution in [-0.4, -0.2) is 53.9 Å². The summed E-state index contributed by atoms with van der Waals surface area (Å²) in [6.07, 6.45) is 0. The molecule has 0 fully saturated rings. The average Bonchev–Trinajstić information content (AvgIpc) is 2.46. The minimum atomic E-state index is 0.485. The van der Waals surface area contributed by atoms with Gasteiger partial charge in [-0.05, 0) is 12.1 Å². The molecular weight excluding hydrogens is 248 g/mol. The Morgan fingerprint density at radius 3 is 1.95 bits per heavy atom. The predicted molar refractivity (Wildman–Crippen MR) is 72.0 cm³/mol. The second kappa shape index (κ2) is 10.6. The number of hydrogen-bond acceptors (Lipinski definition) is 5. The van der Waals surface area contributed by atoms with Gasteiger partial charge >= 0.3 is 0 Å². The SMILES string of the molecule is COCCOCCOCCOc1ccccc1OC. The molecule has 0 aliphatic rings. The van der Waals surface area contributed by atoms with Crippen molar-refractivity contribution in [3.05, 3.63) is 24.3 Å². The molecule has 1 rings (SSSR count). The number of para-hydroxylation sites is 2. The summed E-state index contributed by atoms with van der Waals surface area (Å²) in [7, 11) is 3.27. The predicted octanol–water partition coefficient (Wildman–Crippen LogP) is 1.75. The zero-order valence-corrected chi connectivity index (χ0v) is 11.6. The van der Waals surface area contributed by atoms with Gasteiger partial charge in [-0.3, -0.25) is 0 Å². The number of rotatable bonds is 11. The molecule has 0 saturated heterocycles. The number of ether oxygens (including phenoxy) is 5. The van der Waals surface area contributed by atoms with Crippen molar-refractivity contribution in [1.82, 2.24) is 0 Å². The molecule has 19 heavy (non-hydrogen) atoms. The summed E-state index contributed by atoms with van der Waals surface area (Å²) < 4.78 is 26.2. The van der Waals surface area contributed by atoms with Crippen LogP contribution in [0, 0.1) is 0 Å². The lowest BCUT2D eigenvalue weighted by molar-refractivity contribution is 0.0178. The molecule has 1 aromatic rings. The first kappa shape index (κ1) is 15.8. The van der Waals surface area contributed by atoms with Crippen molar-refractivity contribution < 1.29 is 23.7 Å². The van der Waals surface area contributed by atoms with Gasteiger partial charge in [0.2, 0.25) is 0 Å². The van der Waals surface area contributed by atoms with E-state index in [1.807, 2.05) is 24.3 Å². The van der Waals surface area contributed by atoms with Gasteiger partial charge in [0.25, 0.3) is 0 Å². The minimum Gasteiger partial charge on any atom is -0.493 e. The van der Waals surface area contributed by atoms with Crippen LogP contribution in [0.15, 0.2) is 24.3 Å². The molecule has 0 bridgehead atoms. The van der Waals surface area contributed by atoms with Crippen LogP contribution in [0.2, 0.25) is 0 Å². The Hall–Kier alpha value is -1.30. The lowest BCUT2D eigenvalue weighted by Gasteiger charge is -2.10. The van der Waals surface area contributed by atoms with Gasteiger partial charge in [-0.25, -0.2) is 0 Å². The monoisotopic (exact) mass is 270 g/mol. The Morgan fingerprint density at radius 1 is 0.737 bits per heavy atom. The zero-order chi connectivity index (χ0) is 13.8. The van der Waals surface area contributed by atoms with E-state index in [2.05, 4.69) is 0 Å². The Balaban J connectivity index is 2.01. The van der Waals surface area contributed by atoms with Crippen molar-refractivity contribution in [3.8, 4) is 11.5 Å². The molecule has 5 heteroatoms. The van der Waals surface area contributed by atoms with Crippen LogP contribution < -0.4 is 9.47 Å². The second-order valence-corrected chi connectivity index (χ2v) is 3.72. The minimum absolute atomic E-state index is 0.485. The van der Waals surface area contributed by atoms with E-state index in [0.717, 1.165) is 11.5 Å². The van der Waals surface area contributed by atoms with E-state index in [1.165, 1.54) is 0 Å². The normalized spacial score (nSPS) is 10.4. The van der Waals surface area contributed by atoms with Crippen LogP contribution in [-0.2, 0) is 14.2 Å². The molecule has 0 aromatic heterocycles. The van der Waals surface area contributed by atoms with Crippen LogP contribution in [0.4, 0.5) is 0 Å². The first-order chi connectivity index (χ1) is 9.38. The molecule has 0 radical (unpaired) electrons. The molecule has 0 unspecified atom stereocenters. The van der Waals surface area contributed by atoms with Gasteiger partial charge in [-0.1, -0.05) is 12.1 Å². The Bertz CT molecular complexity index is 329. The van der Waals surface area contributed by atoms with Crippen molar-refractivity contribution in [2.24, 2.45) is 0 Å². The van der Waals surface area contributed by atoms with Gasteiger partial charge in [-0.15, -0.1) is 0 Å². The first-order valence-corrected chi connectivity index (χ1v) is 6.28. The number of methoxy groups -OCH3 is 2. The van der Waals surface area contributed by atoms with E-state index in [1.54, 1.807) is 14.2 Å². The average molecular weight is 270 g/mol. The third kappa shape index (κ3) is 7.00. The second-order valence-electron chi connectivity index (χ2n) is 3.72. The fraction of sp³-hybridized carbons (Fsp3) is 0.571. The van der Waals surface area contributed by atoms with Crippen molar-refractivity contribution in [2.75, 3.05) is 53.9 Å². The van der Waals surface area contributed by atoms with Crippen LogP contribution in [0.25, 0.3) is 0 Å². The molecule has 108 valence electrons. The molecule has 1 aromatic carbocycles. The largest absolute Gasteiger partial charge is 0.493 e. The van der Waals surface area contributed by atoms with E-state index in [9.17, 15) is 0 Å². The third-order valence-corrected chi connectivity index (χ3v) is 2.36. The van der Waals surface area contributed by atoms with Crippen molar-refractivity contribution in [1.29, 1.82) is 0 Å². The molecule has 0 aliphatic heterocycles. The number of hydrogen-bond donors (Lipinski definition) is 0. The fourth-order valence-electron chi connectivity index (χ4n) is 1.41. The van der Waals surface area contributed by atoms with E-state index in [4.69, 9.17) is 23.7 Å². The summed E-state index contributed by atoms with van der Waals surface area (Å²) in [5, 5.41) is 0. The molecule has 5 nitrogen and oxygen atoms in total. The molecular formula is C14H22O5. The van der Waals surface area contributed by atoms with Gasteiger partial charge in [0.1, 0.15) is 6.61 Å². The van der Waals surface area contributed by atoms with Crippen LogP contribution in [0.5, 0.6) is 11.5 Å². The standard InChI is InChI=1S/C14H22O5/c1-15-7-8-17-9-10-18-11-12-19-14-6-4-3-5-13(14)16-2/h3-6H,7-12H2,1-2H3. The van der Waals surface area contributed by atoms with Gasteiger partial charge in [0.05, 0.1) is 40.1 Å². The van der Waals surface area contributed by atoms with Crippen LogP contribution >= 0.6 is 0 Å². The molecule has 0 saturated carbocycles. The smallest absolute Gasteiger partial charge is 0.161 e. The van der Waals surface area contributed by atoms with Crippen molar-refractivity contribution in [2.45, 2.75) is 0 Å². The van der Waals surface area contributed by atoms with E-state index >= 15 is 0 Å². The highest BCUT2D eigenvalue weighted by Crippen LogP contribution is 2.25. The van der Waals surface area contributed by atoms with E-state index in [-0.39, 0.29) is 0 Å². The molecule has 0 N–H and O–H groups in total. The maximum atomic E-state index is 5.56. The Kier molecular flexibility index (Phi) is 8.80. The quantitative estimate of drug-likeness (QED) is 0.573. The van der Waals surface area contributed by atoms with Gasteiger partial charge < -0.3 is 23.7 Å². The van der Waals surface area contributed by atoms with Gasteiger partial charge in [-0.2, -0.15) is 0 Å². The maximum absolute atomic E-state index is 5.56. The topological polar surface area (TPSA) is 46.2 Å².